The van der Waals surface area contributed by atoms with Gasteiger partial charge in [-0.3, -0.25) is 5.32 Å². The van der Waals surface area contributed by atoms with Crippen LogP contribution in [0.2, 0.25) is 5.02 Å². The van der Waals surface area contributed by atoms with Crippen LogP contribution < -0.4 is 16.0 Å². The number of halogens is 4. The fourth-order valence-corrected chi connectivity index (χ4v) is 2.04. The Morgan fingerprint density at radius 2 is 1.78 bits per heavy atom. The number of guanidine groups is 1. The molecule has 9 heteroatoms. The molecule has 0 unspecified atom stereocenters. The summed E-state index contributed by atoms with van der Waals surface area (Å²) in [7, 11) is 0. The highest BCUT2D eigenvalue weighted by Crippen LogP contribution is 2.33. The molecule has 0 saturated carbocycles. The van der Waals surface area contributed by atoms with Gasteiger partial charge >= 0.3 is 12.1 Å². The highest BCUT2D eigenvalue weighted by Gasteiger charge is 2.31. The molecule has 0 aliphatic rings. The Labute approximate surface area is 135 Å². The van der Waals surface area contributed by atoms with Crippen molar-refractivity contribution >= 4 is 29.2 Å². The van der Waals surface area contributed by atoms with Gasteiger partial charge in [-0.1, -0.05) is 11.6 Å². The minimum Gasteiger partial charge on any atom is -0.322 e. The van der Waals surface area contributed by atoms with Crippen molar-refractivity contribution in [1.82, 2.24) is 9.97 Å². The van der Waals surface area contributed by atoms with Gasteiger partial charge in [-0.2, -0.15) is 13.2 Å². The molecule has 2 aromatic rings. The van der Waals surface area contributed by atoms with Crippen LogP contribution >= 0.6 is 11.6 Å². The summed E-state index contributed by atoms with van der Waals surface area (Å²) >= 11 is 5.89. The summed E-state index contributed by atoms with van der Waals surface area (Å²) in [6, 6.07) is 4.69. The lowest BCUT2D eigenvalue weighted by Crippen LogP contribution is -2.72. The lowest BCUT2D eigenvalue weighted by Gasteiger charge is -2.10. The molecule has 1 heterocycles. The number of anilines is 1. The van der Waals surface area contributed by atoms with E-state index in [4.69, 9.17) is 17.3 Å². The number of rotatable bonds is 2. The van der Waals surface area contributed by atoms with Crippen LogP contribution in [0.3, 0.4) is 0 Å². The van der Waals surface area contributed by atoms with Crippen molar-refractivity contribution in [3.05, 3.63) is 46.2 Å². The standard InChI is InChI=1S/C14H13ClF3N5/c1-7-5-8(2)21-13(20-7)23-12(19)22-11-6-9(14(16,17)18)3-4-10(11)15/h3-6H,1-2H3,(H3,19,20,21,22,23)/p+1. The molecule has 1 aromatic carbocycles. The Morgan fingerprint density at radius 1 is 1.17 bits per heavy atom. The van der Waals surface area contributed by atoms with E-state index in [9.17, 15) is 13.2 Å². The van der Waals surface area contributed by atoms with E-state index in [0.29, 0.717) is 0 Å². The number of benzene rings is 1. The summed E-state index contributed by atoms with van der Waals surface area (Å²) < 4.78 is 38.2. The second kappa shape index (κ2) is 6.41. The Balaban J connectivity index is 2.29. The van der Waals surface area contributed by atoms with Crippen LogP contribution in [0.15, 0.2) is 24.3 Å². The molecule has 23 heavy (non-hydrogen) atoms. The number of alkyl halides is 3. The molecule has 0 amide bonds. The number of hydrogen-bond donors (Lipinski definition) is 3. The lowest BCUT2D eigenvalue weighted by atomic mass is 10.2. The fraction of sp³-hybridized carbons (Fsp3) is 0.214. The van der Waals surface area contributed by atoms with E-state index in [1.54, 1.807) is 19.9 Å². The Kier molecular flexibility index (Phi) is 4.74. The van der Waals surface area contributed by atoms with Crippen molar-refractivity contribution in [2.24, 2.45) is 5.73 Å². The molecule has 122 valence electrons. The Bertz CT molecular complexity index is 738. The largest absolute Gasteiger partial charge is 0.416 e. The van der Waals surface area contributed by atoms with E-state index in [2.05, 4.69) is 20.3 Å². The quantitative estimate of drug-likeness (QED) is 0.574. The molecule has 0 atom stereocenters. The van der Waals surface area contributed by atoms with Gasteiger partial charge in [0.25, 0.3) is 5.96 Å². The molecule has 4 N–H and O–H groups in total. The summed E-state index contributed by atoms with van der Waals surface area (Å²) in [6.45, 7) is 3.57. The van der Waals surface area contributed by atoms with Crippen LogP contribution in [0.5, 0.6) is 0 Å². The van der Waals surface area contributed by atoms with Crippen molar-refractivity contribution in [2.75, 3.05) is 5.32 Å². The van der Waals surface area contributed by atoms with Gasteiger partial charge in [0.1, 0.15) is 0 Å². The van der Waals surface area contributed by atoms with Gasteiger partial charge in [-0.25, -0.2) is 4.99 Å². The van der Waals surface area contributed by atoms with Crippen LogP contribution in [0.4, 0.5) is 24.8 Å². The average molecular weight is 345 g/mol. The first-order valence-electron chi connectivity index (χ1n) is 6.50. The molecule has 1 aromatic heterocycles. The Morgan fingerprint density at radius 3 is 2.35 bits per heavy atom. The van der Waals surface area contributed by atoms with Gasteiger partial charge in [0.05, 0.1) is 27.7 Å². The first kappa shape index (κ1) is 17.0. The van der Waals surface area contributed by atoms with E-state index in [1.807, 2.05) is 0 Å². The van der Waals surface area contributed by atoms with Gasteiger partial charge in [0, 0.05) is 6.07 Å². The van der Waals surface area contributed by atoms with Crippen molar-refractivity contribution in [3.63, 3.8) is 0 Å². The second-order valence-electron chi connectivity index (χ2n) is 4.83. The minimum absolute atomic E-state index is 0.0240. The van der Waals surface area contributed by atoms with Crippen LogP contribution in [0.1, 0.15) is 17.0 Å². The zero-order valence-corrected chi connectivity index (χ0v) is 13.0. The smallest absolute Gasteiger partial charge is 0.322 e. The molecule has 0 fully saturated rings. The number of aryl methyl sites for hydroxylation is 2. The van der Waals surface area contributed by atoms with Gasteiger partial charge in [-0.05, 0) is 32.0 Å². The molecule has 0 radical (unpaired) electrons. The second-order valence-corrected chi connectivity index (χ2v) is 5.24. The highest BCUT2D eigenvalue weighted by molar-refractivity contribution is 6.33. The number of aromatic nitrogens is 2. The molecule has 0 spiro atoms. The average Bonchev–Trinajstić information content (AvgIpc) is 2.38. The number of nitrogens with zero attached hydrogens (tertiary/aromatic N) is 2. The first-order valence-corrected chi connectivity index (χ1v) is 6.88. The van der Waals surface area contributed by atoms with Gasteiger partial charge < -0.3 is 5.73 Å². The Hall–Kier alpha value is -2.35. The molecule has 0 saturated heterocycles. The maximum Gasteiger partial charge on any atom is 0.416 e. The van der Waals surface area contributed by atoms with Gasteiger partial charge in [0.2, 0.25) is 0 Å². The van der Waals surface area contributed by atoms with Gasteiger partial charge in [-0.15, -0.1) is 9.97 Å². The van der Waals surface area contributed by atoms with Crippen LogP contribution in [-0.2, 0) is 6.18 Å². The van der Waals surface area contributed by atoms with Crippen LogP contribution in [0.25, 0.3) is 0 Å². The number of hydrogen-bond acceptors (Lipinski definition) is 2. The monoisotopic (exact) mass is 344 g/mol. The lowest BCUT2D eigenvalue weighted by molar-refractivity contribution is -0.365. The maximum absolute atomic E-state index is 12.7. The molecule has 2 rings (SSSR count). The molecular weight excluding hydrogens is 331 g/mol. The van der Waals surface area contributed by atoms with Crippen LogP contribution in [-0.4, -0.2) is 15.9 Å². The molecule has 5 nitrogen and oxygen atoms in total. The van der Waals surface area contributed by atoms with E-state index in [1.165, 1.54) is 0 Å². The van der Waals surface area contributed by atoms with Crippen molar-refractivity contribution in [3.8, 4) is 0 Å². The minimum atomic E-state index is -4.47. The van der Waals surface area contributed by atoms with E-state index in [0.717, 1.165) is 29.6 Å². The highest BCUT2D eigenvalue weighted by atomic mass is 35.5. The summed E-state index contributed by atoms with van der Waals surface area (Å²) in [6.07, 6.45) is -4.47. The summed E-state index contributed by atoms with van der Waals surface area (Å²) in [5, 5.41) is 2.68. The third-order valence-electron chi connectivity index (χ3n) is 2.79. The topological polar surface area (TPSA) is 77.8 Å². The normalized spacial score (nSPS) is 12.3. The number of nitrogens with two attached hydrogens (primary N) is 1. The molecule has 0 aliphatic heterocycles. The fourth-order valence-electron chi connectivity index (χ4n) is 1.88. The molecule has 0 aliphatic carbocycles. The van der Waals surface area contributed by atoms with Crippen LogP contribution in [0, 0.1) is 13.8 Å². The van der Waals surface area contributed by atoms with E-state index < -0.39 is 11.7 Å². The summed E-state index contributed by atoms with van der Waals surface area (Å²) in [5.74, 6) is 0.187. The van der Waals surface area contributed by atoms with Crippen molar-refractivity contribution < 1.29 is 18.2 Å². The van der Waals surface area contributed by atoms with Gasteiger partial charge in [0.15, 0.2) is 0 Å². The van der Waals surface area contributed by atoms with Crippen molar-refractivity contribution in [1.29, 1.82) is 0 Å². The third-order valence-corrected chi connectivity index (χ3v) is 3.12. The summed E-state index contributed by atoms with van der Waals surface area (Å²) in [5.41, 5.74) is 6.38. The first-order chi connectivity index (χ1) is 10.6. The van der Waals surface area contributed by atoms with Crippen molar-refractivity contribution in [2.45, 2.75) is 20.0 Å². The zero-order chi connectivity index (χ0) is 17.2. The third kappa shape index (κ3) is 4.56. The van der Waals surface area contributed by atoms with E-state index >= 15 is 0 Å². The predicted molar refractivity (Wildman–Crippen MR) is 81.4 cm³/mol. The maximum atomic E-state index is 12.7. The summed E-state index contributed by atoms with van der Waals surface area (Å²) in [4.78, 5) is 10.9. The molecular formula is C14H14ClF3N5+. The predicted octanol–water partition coefficient (Wildman–Crippen LogP) is 1.90. The molecule has 0 bridgehead atoms. The zero-order valence-electron chi connectivity index (χ0n) is 12.3. The van der Waals surface area contributed by atoms with E-state index in [-0.39, 0.29) is 22.6 Å². The number of nitrogens with one attached hydrogen (secondary N) is 2. The SMILES string of the molecule is Cc1cc(C)nc([NH+]=C(N)Nc2cc(C(F)(F)F)ccc2Cl)n1.